The van der Waals surface area contributed by atoms with E-state index in [1.54, 1.807) is 7.11 Å². The van der Waals surface area contributed by atoms with Crippen molar-refractivity contribution in [1.82, 2.24) is 4.90 Å². The Morgan fingerprint density at radius 3 is 2.80 bits per heavy atom. The fourth-order valence-corrected chi connectivity index (χ4v) is 2.33. The summed E-state index contributed by atoms with van der Waals surface area (Å²) in [6.45, 7) is 5.21. The van der Waals surface area contributed by atoms with Gasteiger partial charge in [0.2, 0.25) is 0 Å². The predicted octanol–water partition coefficient (Wildman–Crippen LogP) is 2.27. The SMILES string of the molecule is CCN(Cc1cc(C#CCO)ccc1OC)CC1CC1. The van der Waals surface area contributed by atoms with Crippen molar-refractivity contribution in [3.63, 3.8) is 0 Å². The molecule has 0 atom stereocenters. The first-order valence-electron chi connectivity index (χ1n) is 7.25. The quantitative estimate of drug-likeness (QED) is 0.807. The molecule has 0 aromatic heterocycles. The van der Waals surface area contributed by atoms with Crippen molar-refractivity contribution in [2.75, 3.05) is 26.8 Å². The third-order valence-corrected chi connectivity index (χ3v) is 3.65. The first kappa shape index (κ1) is 14.9. The molecule has 1 aromatic carbocycles. The van der Waals surface area contributed by atoms with Crippen LogP contribution in [-0.4, -0.2) is 36.8 Å². The maximum absolute atomic E-state index is 8.78. The lowest BCUT2D eigenvalue weighted by Gasteiger charge is -2.21. The van der Waals surface area contributed by atoms with E-state index in [2.05, 4.69) is 29.7 Å². The zero-order valence-corrected chi connectivity index (χ0v) is 12.4. The maximum atomic E-state index is 8.78. The standard InChI is InChI=1S/C17H23NO2/c1-3-18(12-15-6-7-15)13-16-11-14(5-4-10-19)8-9-17(16)20-2/h8-9,11,15,19H,3,6-7,10,12-13H2,1-2H3. The molecule has 0 amide bonds. The second-order valence-electron chi connectivity index (χ2n) is 5.26. The first-order chi connectivity index (χ1) is 9.76. The highest BCUT2D eigenvalue weighted by Crippen LogP contribution is 2.31. The van der Waals surface area contributed by atoms with Crippen LogP contribution in [0.15, 0.2) is 18.2 Å². The number of hydrogen-bond donors (Lipinski definition) is 1. The molecule has 1 aromatic rings. The minimum absolute atomic E-state index is 0.107. The van der Waals surface area contributed by atoms with Crippen molar-refractivity contribution in [2.45, 2.75) is 26.3 Å². The van der Waals surface area contributed by atoms with Crippen LogP contribution in [0.4, 0.5) is 0 Å². The summed E-state index contributed by atoms with van der Waals surface area (Å²) in [5.74, 6) is 7.44. The molecule has 0 aliphatic heterocycles. The Morgan fingerprint density at radius 2 is 2.20 bits per heavy atom. The number of hydrogen-bond acceptors (Lipinski definition) is 3. The molecule has 0 saturated heterocycles. The first-order valence-corrected chi connectivity index (χ1v) is 7.25. The van der Waals surface area contributed by atoms with Gasteiger partial charge in [0.05, 0.1) is 7.11 Å². The van der Waals surface area contributed by atoms with Crippen LogP contribution in [0.25, 0.3) is 0 Å². The summed E-state index contributed by atoms with van der Waals surface area (Å²) >= 11 is 0. The monoisotopic (exact) mass is 273 g/mol. The molecule has 1 aliphatic carbocycles. The lowest BCUT2D eigenvalue weighted by atomic mass is 10.1. The number of rotatable bonds is 6. The molecule has 0 heterocycles. The summed E-state index contributed by atoms with van der Waals surface area (Å²) in [4.78, 5) is 2.46. The van der Waals surface area contributed by atoms with Gasteiger partial charge >= 0.3 is 0 Å². The number of ether oxygens (including phenoxy) is 1. The highest BCUT2D eigenvalue weighted by atomic mass is 16.5. The molecule has 3 nitrogen and oxygen atoms in total. The van der Waals surface area contributed by atoms with E-state index >= 15 is 0 Å². The van der Waals surface area contributed by atoms with Gasteiger partial charge in [-0.05, 0) is 43.5 Å². The Bertz CT molecular complexity index is 497. The number of nitrogens with zero attached hydrogens (tertiary/aromatic N) is 1. The van der Waals surface area contributed by atoms with Crippen LogP contribution in [0.1, 0.15) is 30.9 Å². The van der Waals surface area contributed by atoms with E-state index in [1.807, 2.05) is 12.1 Å². The van der Waals surface area contributed by atoms with Gasteiger partial charge in [0, 0.05) is 24.2 Å². The normalized spacial score (nSPS) is 14.0. The van der Waals surface area contributed by atoms with E-state index in [9.17, 15) is 0 Å². The Labute approximate surface area is 121 Å². The van der Waals surface area contributed by atoms with E-state index < -0.39 is 0 Å². The summed E-state index contributed by atoms with van der Waals surface area (Å²) in [7, 11) is 1.70. The molecule has 1 aliphatic rings. The molecule has 3 heteroatoms. The third-order valence-electron chi connectivity index (χ3n) is 3.65. The summed E-state index contributed by atoms with van der Waals surface area (Å²) in [5.41, 5.74) is 2.09. The van der Waals surface area contributed by atoms with Crippen LogP contribution in [0.3, 0.4) is 0 Å². The fraction of sp³-hybridized carbons (Fsp3) is 0.529. The second-order valence-corrected chi connectivity index (χ2v) is 5.26. The topological polar surface area (TPSA) is 32.7 Å². The molecule has 0 bridgehead atoms. The molecule has 1 saturated carbocycles. The van der Waals surface area contributed by atoms with Crippen LogP contribution in [0.2, 0.25) is 0 Å². The lowest BCUT2D eigenvalue weighted by molar-refractivity contribution is 0.263. The molecule has 108 valence electrons. The number of benzene rings is 1. The average molecular weight is 273 g/mol. The van der Waals surface area contributed by atoms with Gasteiger partial charge < -0.3 is 9.84 Å². The minimum Gasteiger partial charge on any atom is -0.496 e. The summed E-state index contributed by atoms with van der Waals surface area (Å²) in [6.07, 6.45) is 2.74. The van der Waals surface area contributed by atoms with Crippen molar-refractivity contribution in [3.05, 3.63) is 29.3 Å². The van der Waals surface area contributed by atoms with Gasteiger partial charge in [0.15, 0.2) is 0 Å². The molecule has 1 N–H and O–H groups in total. The summed E-state index contributed by atoms with van der Waals surface area (Å²) in [5, 5.41) is 8.78. The lowest BCUT2D eigenvalue weighted by Crippen LogP contribution is -2.25. The molecule has 2 rings (SSSR count). The summed E-state index contributed by atoms with van der Waals surface area (Å²) in [6, 6.07) is 5.96. The number of aliphatic hydroxyl groups is 1. The number of aliphatic hydroxyl groups excluding tert-OH is 1. The van der Waals surface area contributed by atoms with Crippen molar-refractivity contribution in [3.8, 4) is 17.6 Å². The van der Waals surface area contributed by atoms with Crippen molar-refractivity contribution in [1.29, 1.82) is 0 Å². The van der Waals surface area contributed by atoms with Crippen molar-refractivity contribution in [2.24, 2.45) is 5.92 Å². The zero-order chi connectivity index (χ0) is 14.4. The van der Waals surface area contributed by atoms with Crippen LogP contribution >= 0.6 is 0 Å². The van der Waals surface area contributed by atoms with Crippen molar-refractivity contribution >= 4 is 0 Å². The van der Waals surface area contributed by atoms with E-state index in [0.717, 1.165) is 30.3 Å². The highest BCUT2D eigenvalue weighted by Gasteiger charge is 2.24. The Balaban J connectivity index is 2.13. The van der Waals surface area contributed by atoms with E-state index in [1.165, 1.54) is 24.9 Å². The van der Waals surface area contributed by atoms with Crippen LogP contribution < -0.4 is 4.74 Å². The van der Waals surface area contributed by atoms with Gasteiger partial charge in [0.1, 0.15) is 12.4 Å². The van der Waals surface area contributed by atoms with Gasteiger partial charge in [-0.2, -0.15) is 0 Å². The van der Waals surface area contributed by atoms with Gasteiger partial charge in [-0.1, -0.05) is 18.8 Å². The molecule has 1 fully saturated rings. The van der Waals surface area contributed by atoms with Gasteiger partial charge in [-0.15, -0.1) is 0 Å². The molecule has 20 heavy (non-hydrogen) atoms. The van der Waals surface area contributed by atoms with Crippen LogP contribution in [0.5, 0.6) is 5.75 Å². The van der Waals surface area contributed by atoms with Crippen LogP contribution in [-0.2, 0) is 6.54 Å². The Hall–Kier alpha value is -1.50. The van der Waals surface area contributed by atoms with E-state index in [0.29, 0.717) is 0 Å². The molecular formula is C17H23NO2. The number of methoxy groups -OCH3 is 1. The summed E-state index contributed by atoms with van der Waals surface area (Å²) < 4.78 is 5.45. The minimum atomic E-state index is -0.107. The fourth-order valence-electron chi connectivity index (χ4n) is 2.33. The van der Waals surface area contributed by atoms with Gasteiger partial charge in [-0.25, -0.2) is 0 Å². The average Bonchev–Trinajstić information content (AvgIpc) is 3.28. The maximum Gasteiger partial charge on any atom is 0.123 e. The zero-order valence-electron chi connectivity index (χ0n) is 12.4. The Kier molecular flexibility index (Phi) is 5.46. The van der Waals surface area contributed by atoms with Gasteiger partial charge in [-0.3, -0.25) is 4.90 Å². The molecule has 0 unspecified atom stereocenters. The second kappa shape index (κ2) is 7.33. The highest BCUT2D eigenvalue weighted by molar-refractivity contribution is 5.44. The van der Waals surface area contributed by atoms with Gasteiger partial charge in [0.25, 0.3) is 0 Å². The molecule has 0 radical (unpaired) electrons. The largest absolute Gasteiger partial charge is 0.496 e. The van der Waals surface area contributed by atoms with E-state index in [4.69, 9.17) is 9.84 Å². The third kappa shape index (κ3) is 4.26. The molecular weight excluding hydrogens is 250 g/mol. The predicted molar refractivity (Wildman–Crippen MR) is 80.6 cm³/mol. The van der Waals surface area contributed by atoms with Crippen LogP contribution in [0, 0.1) is 17.8 Å². The Morgan fingerprint density at radius 1 is 1.40 bits per heavy atom. The smallest absolute Gasteiger partial charge is 0.123 e. The molecule has 0 spiro atoms. The van der Waals surface area contributed by atoms with E-state index in [-0.39, 0.29) is 6.61 Å². The van der Waals surface area contributed by atoms with Crippen molar-refractivity contribution < 1.29 is 9.84 Å².